The number of carbonyl (C=O) groups is 1. The van der Waals surface area contributed by atoms with Gasteiger partial charge in [-0.05, 0) is 30.2 Å². The van der Waals surface area contributed by atoms with Gasteiger partial charge in [0.05, 0.1) is 5.92 Å². The van der Waals surface area contributed by atoms with Gasteiger partial charge in [-0.2, -0.15) is 0 Å². The van der Waals surface area contributed by atoms with E-state index in [4.69, 9.17) is 0 Å². The van der Waals surface area contributed by atoms with Crippen molar-refractivity contribution >= 4 is 21.8 Å². The van der Waals surface area contributed by atoms with Crippen LogP contribution >= 0.6 is 15.9 Å². The van der Waals surface area contributed by atoms with E-state index in [1.54, 1.807) is 12.1 Å². The lowest BCUT2D eigenvalue weighted by Crippen LogP contribution is -2.29. The smallest absolute Gasteiger partial charge is 0.227 e. The molecule has 1 atom stereocenters. The van der Waals surface area contributed by atoms with Crippen LogP contribution in [0.2, 0.25) is 0 Å². The first-order chi connectivity index (χ1) is 10.1. The predicted molar refractivity (Wildman–Crippen MR) is 85.4 cm³/mol. The first kappa shape index (κ1) is 15.7. The maximum atomic E-state index is 13.7. The van der Waals surface area contributed by atoms with Crippen LogP contribution in [0.15, 0.2) is 53.0 Å². The van der Waals surface area contributed by atoms with Crippen LogP contribution in [-0.4, -0.2) is 5.91 Å². The first-order valence-corrected chi connectivity index (χ1v) is 7.67. The summed E-state index contributed by atoms with van der Waals surface area (Å²) in [5.41, 5.74) is 1.45. The van der Waals surface area contributed by atoms with Crippen LogP contribution in [0.3, 0.4) is 0 Å². The number of nitrogens with one attached hydrogen (secondary N) is 1. The first-order valence-electron chi connectivity index (χ1n) is 6.88. The Kier molecular flexibility index (Phi) is 5.51. The van der Waals surface area contributed by atoms with E-state index in [1.807, 2.05) is 37.3 Å². The van der Waals surface area contributed by atoms with E-state index in [2.05, 4.69) is 21.2 Å². The van der Waals surface area contributed by atoms with Crippen molar-refractivity contribution in [1.29, 1.82) is 0 Å². The second kappa shape index (κ2) is 7.36. The molecular formula is C17H17BrFNO. The highest BCUT2D eigenvalue weighted by molar-refractivity contribution is 9.10. The number of rotatable bonds is 5. The van der Waals surface area contributed by atoms with Crippen LogP contribution in [0.5, 0.6) is 0 Å². The number of benzene rings is 2. The SMILES string of the molecule is CC[C@H](C(=O)NCc1cc(Br)ccc1F)c1ccccc1. The van der Waals surface area contributed by atoms with Gasteiger partial charge in [-0.15, -0.1) is 0 Å². The van der Waals surface area contributed by atoms with Gasteiger partial charge in [0.2, 0.25) is 5.91 Å². The zero-order chi connectivity index (χ0) is 15.2. The van der Waals surface area contributed by atoms with Gasteiger partial charge in [-0.25, -0.2) is 4.39 Å². The summed E-state index contributed by atoms with van der Waals surface area (Å²) < 4.78 is 14.4. The fourth-order valence-corrected chi connectivity index (χ4v) is 2.65. The highest BCUT2D eigenvalue weighted by Crippen LogP contribution is 2.20. The number of amides is 1. The summed E-state index contributed by atoms with van der Waals surface area (Å²) >= 11 is 3.30. The Morgan fingerprint density at radius 1 is 1.24 bits per heavy atom. The Balaban J connectivity index is 2.05. The molecule has 0 aliphatic rings. The Morgan fingerprint density at radius 2 is 1.95 bits per heavy atom. The Morgan fingerprint density at radius 3 is 2.62 bits per heavy atom. The molecule has 0 aliphatic heterocycles. The molecule has 0 bridgehead atoms. The van der Waals surface area contributed by atoms with Crippen molar-refractivity contribution in [2.75, 3.05) is 0 Å². The van der Waals surface area contributed by atoms with Crippen LogP contribution in [0.1, 0.15) is 30.4 Å². The zero-order valence-corrected chi connectivity index (χ0v) is 13.4. The van der Waals surface area contributed by atoms with Gasteiger partial charge in [0, 0.05) is 16.6 Å². The normalized spacial score (nSPS) is 12.0. The van der Waals surface area contributed by atoms with Gasteiger partial charge < -0.3 is 5.32 Å². The maximum Gasteiger partial charge on any atom is 0.227 e. The van der Waals surface area contributed by atoms with E-state index in [-0.39, 0.29) is 24.2 Å². The highest BCUT2D eigenvalue weighted by Gasteiger charge is 2.18. The molecule has 0 unspecified atom stereocenters. The molecule has 1 amide bonds. The fraction of sp³-hybridized carbons (Fsp3) is 0.235. The van der Waals surface area contributed by atoms with Gasteiger partial charge in [0.1, 0.15) is 5.82 Å². The molecule has 4 heteroatoms. The lowest BCUT2D eigenvalue weighted by Gasteiger charge is -2.15. The molecule has 0 heterocycles. The molecule has 21 heavy (non-hydrogen) atoms. The average Bonchev–Trinajstić information content (AvgIpc) is 2.50. The minimum absolute atomic E-state index is 0.0805. The lowest BCUT2D eigenvalue weighted by atomic mass is 9.95. The van der Waals surface area contributed by atoms with Crippen LogP contribution < -0.4 is 5.32 Å². The molecule has 0 spiro atoms. The van der Waals surface area contributed by atoms with E-state index in [9.17, 15) is 9.18 Å². The van der Waals surface area contributed by atoms with Gasteiger partial charge in [-0.1, -0.05) is 53.2 Å². The molecule has 110 valence electrons. The maximum absolute atomic E-state index is 13.7. The Bertz CT molecular complexity index is 615. The third-order valence-corrected chi connectivity index (χ3v) is 3.88. The Hall–Kier alpha value is -1.68. The monoisotopic (exact) mass is 349 g/mol. The van der Waals surface area contributed by atoms with Gasteiger partial charge in [-0.3, -0.25) is 4.79 Å². The van der Waals surface area contributed by atoms with Crippen LogP contribution in [0.4, 0.5) is 4.39 Å². The summed E-state index contributed by atoms with van der Waals surface area (Å²) in [4.78, 5) is 12.3. The van der Waals surface area contributed by atoms with E-state index in [1.165, 1.54) is 6.07 Å². The van der Waals surface area contributed by atoms with Gasteiger partial charge in [0.15, 0.2) is 0 Å². The molecule has 2 nitrogen and oxygen atoms in total. The summed E-state index contributed by atoms with van der Waals surface area (Å²) in [5, 5.41) is 2.82. The minimum atomic E-state index is -0.314. The number of carbonyl (C=O) groups excluding carboxylic acids is 1. The summed E-state index contributed by atoms with van der Waals surface area (Å²) in [6, 6.07) is 14.3. The Labute approximate surface area is 132 Å². The minimum Gasteiger partial charge on any atom is -0.351 e. The highest BCUT2D eigenvalue weighted by atomic mass is 79.9. The summed E-state index contributed by atoms with van der Waals surface area (Å²) in [6.45, 7) is 2.16. The number of hydrogen-bond acceptors (Lipinski definition) is 1. The van der Waals surface area contributed by atoms with Crippen molar-refractivity contribution in [2.24, 2.45) is 0 Å². The third-order valence-electron chi connectivity index (χ3n) is 3.39. The predicted octanol–water partition coefficient (Wildman–Crippen LogP) is 4.40. The molecule has 2 aromatic rings. The molecule has 0 saturated carbocycles. The van der Waals surface area contributed by atoms with Crippen molar-refractivity contribution in [1.82, 2.24) is 5.32 Å². The molecule has 0 radical (unpaired) electrons. The van der Waals surface area contributed by atoms with Crippen LogP contribution in [0.25, 0.3) is 0 Å². The summed E-state index contributed by atoms with van der Waals surface area (Å²) in [7, 11) is 0. The quantitative estimate of drug-likeness (QED) is 0.851. The second-order valence-corrected chi connectivity index (χ2v) is 5.74. The van der Waals surface area contributed by atoms with E-state index < -0.39 is 0 Å². The van der Waals surface area contributed by atoms with Crippen molar-refractivity contribution < 1.29 is 9.18 Å². The zero-order valence-electron chi connectivity index (χ0n) is 11.8. The van der Waals surface area contributed by atoms with Crippen LogP contribution in [0, 0.1) is 5.82 Å². The van der Waals surface area contributed by atoms with Crippen LogP contribution in [-0.2, 0) is 11.3 Å². The van der Waals surface area contributed by atoms with Gasteiger partial charge in [0.25, 0.3) is 0 Å². The molecule has 0 aromatic heterocycles. The molecular weight excluding hydrogens is 333 g/mol. The lowest BCUT2D eigenvalue weighted by molar-refractivity contribution is -0.122. The van der Waals surface area contributed by atoms with E-state index in [0.29, 0.717) is 12.0 Å². The average molecular weight is 350 g/mol. The molecule has 0 aliphatic carbocycles. The largest absolute Gasteiger partial charge is 0.351 e. The van der Waals surface area contributed by atoms with Crippen molar-refractivity contribution in [3.05, 3.63) is 69.9 Å². The molecule has 2 rings (SSSR count). The molecule has 1 N–H and O–H groups in total. The fourth-order valence-electron chi connectivity index (χ4n) is 2.24. The van der Waals surface area contributed by atoms with E-state index in [0.717, 1.165) is 10.0 Å². The molecule has 2 aromatic carbocycles. The molecule has 0 fully saturated rings. The summed E-state index contributed by atoms with van der Waals surface area (Å²) in [5.74, 6) is -0.601. The van der Waals surface area contributed by atoms with E-state index >= 15 is 0 Å². The number of halogens is 2. The van der Waals surface area contributed by atoms with Crippen molar-refractivity contribution in [3.8, 4) is 0 Å². The second-order valence-electron chi connectivity index (χ2n) is 4.83. The van der Waals surface area contributed by atoms with Gasteiger partial charge >= 0.3 is 0 Å². The molecule has 0 saturated heterocycles. The van der Waals surface area contributed by atoms with Crippen molar-refractivity contribution in [2.45, 2.75) is 25.8 Å². The topological polar surface area (TPSA) is 29.1 Å². The number of hydrogen-bond donors (Lipinski definition) is 1. The standard InChI is InChI=1S/C17H17BrFNO/c1-2-15(12-6-4-3-5-7-12)17(21)20-11-13-10-14(18)8-9-16(13)19/h3-10,15H,2,11H2,1H3,(H,20,21)/t15-/m0/s1. The third kappa shape index (κ3) is 4.14. The summed E-state index contributed by atoms with van der Waals surface area (Å²) in [6.07, 6.45) is 0.705. The van der Waals surface area contributed by atoms with Crippen molar-refractivity contribution in [3.63, 3.8) is 0 Å².